The second kappa shape index (κ2) is 4.58. The molecule has 3 nitrogen and oxygen atoms in total. The van der Waals surface area contributed by atoms with Crippen molar-refractivity contribution >= 4 is 38.7 Å². The second-order valence-electron chi connectivity index (χ2n) is 4.84. The number of thiophene rings is 2. The molecule has 3 aromatic rings. The van der Waals surface area contributed by atoms with E-state index in [1.54, 1.807) is 17.7 Å². The molecule has 0 spiro atoms. The van der Waals surface area contributed by atoms with Gasteiger partial charge >= 0.3 is 0 Å². The Labute approximate surface area is 119 Å². The molecule has 1 unspecified atom stereocenters. The maximum Gasteiger partial charge on any atom is 0.138 e. The maximum absolute atomic E-state index is 4.43. The predicted molar refractivity (Wildman–Crippen MR) is 80.8 cm³/mol. The molecule has 1 aliphatic carbocycles. The monoisotopic (exact) mass is 287 g/mol. The van der Waals surface area contributed by atoms with Gasteiger partial charge in [0.15, 0.2) is 0 Å². The van der Waals surface area contributed by atoms with E-state index in [4.69, 9.17) is 0 Å². The number of anilines is 1. The van der Waals surface area contributed by atoms with E-state index in [1.807, 2.05) is 11.3 Å². The van der Waals surface area contributed by atoms with Gasteiger partial charge in [-0.3, -0.25) is 0 Å². The highest BCUT2D eigenvalue weighted by atomic mass is 32.1. The minimum Gasteiger partial charge on any atom is -0.362 e. The first kappa shape index (κ1) is 11.4. The highest BCUT2D eigenvalue weighted by Crippen LogP contribution is 2.44. The van der Waals surface area contributed by atoms with Gasteiger partial charge in [0, 0.05) is 4.88 Å². The number of hydrogen-bond acceptors (Lipinski definition) is 5. The zero-order chi connectivity index (χ0) is 12.7. The van der Waals surface area contributed by atoms with Gasteiger partial charge in [-0.25, -0.2) is 9.97 Å². The van der Waals surface area contributed by atoms with Crippen LogP contribution < -0.4 is 5.32 Å². The zero-order valence-corrected chi connectivity index (χ0v) is 11.9. The Morgan fingerprint density at radius 1 is 1.16 bits per heavy atom. The smallest absolute Gasteiger partial charge is 0.138 e. The van der Waals surface area contributed by atoms with Crippen LogP contribution in [0.2, 0.25) is 0 Å². The number of rotatable bonds is 4. The van der Waals surface area contributed by atoms with Crippen LogP contribution in [0, 0.1) is 5.92 Å². The van der Waals surface area contributed by atoms with Crippen LogP contribution >= 0.6 is 22.7 Å². The van der Waals surface area contributed by atoms with E-state index in [2.05, 4.69) is 44.2 Å². The van der Waals surface area contributed by atoms with Gasteiger partial charge in [-0.05, 0) is 41.7 Å². The van der Waals surface area contributed by atoms with Gasteiger partial charge < -0.3 is 5.32 Å². The topological polar surface area (TPSA) is 37.8 Å². The summed E-state index contributed by atoms with van der Waals surface area (Å²) < 4.78 is 0. The van der Waals surface area contributed by atoms with Crippen LogP contribution in [0.15, 0.2) is 35.3 Å². The van der Waals surface area contributed by atoms with Crippen LogP contribution in [0.5, 0.6) is 0 Å². The molecule has 1 saturated carbocycles. The van der Waals surface area contributed by atoms with Crippen LogP contribution in [-0.4, -0.2) is 9.97 Å². The van der Waals surface area contributed by atoms with E-state index in [0.29, 0.717) is 6.04 Å². The highest BCUT2D eigenvalue weighted by molar-refractivity contribution is 7.16. The third kappa shape index (κ3) is 2.13. The number of hydrogen-bond donors (Lipinski definition) is 1. The maximum atomic E-state index is 4.43. The Morgan fingerprint density at radius 3 is 2.89 bits per heavy atom. The molecule has 3 aromatic heterocycles. The number of nitrogens with zero attached hydrogens (tertiary/aromatic N) is 2. The van der Waals surface area contributed by atoms with Crippen LogP contribution in [0.3, 0.4) is 0 Å². The molecule has 96 valence electrons. The molecule has 0 bridgehead atoms. The fraction of sp³-hybridized carbons (Fsp3) is 0.286. The van der Waals surface area contributed by atoms with Crippen molar-refractivity contribution in [2.45, 2.75) is 18.9 Å². The van der Waals surface area contributed by atoms with Gasteiger partial charge in [-0.15, -0.1) is 22.7 Å². The average molecular weight is 287 g/mol. The lowest BCUT2D eigenvalue weighted by molar-refractivity contribution is 0.688. The summed E-state index contributed by atoms with van der Waals surface area (Å²) in [6.07, 6.45) is 4.28. The standard InChI is InChI=1S/C14H13N3S2/c1-2-11(18-6-1)12(9-3-4-9)17-13-10-5-7-19-14(10)16-8-15-13/h1-2,5-9,12H,3-4H2,(H,15,16,17). The van der Waals surface area contributed by atoms with Crippen LogP contribution in [-0.2, 0) is 0 Å². The first-order valence-corrected chi connectivity index (χ1v) is 8.16. The molecule has 1 N–H and O–H groups in total. The lowest BCUT2D eigenvalue weighted by Gasteiger charge is -2.17. The average Bonchev–Trinajstić information content (AvgIpc) is 2.94. The molecule has 1 atom stereocenters. The van der Waals surface area contributed by atoms with Gasteiger partial charge in [0.1, 0.15) is 17.0 Å². The van der Waals surface area contributed by atoms with Gasteiger partial charge in [-0.1, -0.05) is 6.07 Å². The molecule has 1 fully saturated rings. The minimum atomic E-state index is 0.401. The first-order chi connectivity index (χ1) is 9.42. The SMILES string of the molecule is c1csc(C(Nc2ncnc3sccc23)C2CC2)c1. The van der Waals surface area contributed by atoms with Crippen molar-refractivity contribution in [3.63, 3.8) is 0 Å². The Hall–Kier alpha value is -1.46. The van der Waals surface area contributed by atoms with Crippen molar-refractivity contribution in [3.8, 4) is 0 Å². The molecule has 0 radical (unpaired) electrons. The summed E-state index contributed by atoms with van der Waals surface area (Å²) in [5.41, 5.74) is 0. The summed E-state index contributed by atoms with van der Waals surface area (Å²) in [5.74, 6) is 1.72. The molecule has 4 rings (SSSR count). The van der Waals surface area contributed by atoms with Gasteiger partial charge in [0.05, 0.1) is 11.4 Å². The number of nitrogens with one attached hydrogen (secondary N) is 1. The zero-order valence-electron chi connectivity index (χ0n) is 10.2. The van der Waals surface area contributed by atoms with Crippen molar-refractivity contribution in [3.05, 3.63) is 40.2 Å². The molecular weight excluding hydrogens is 274 g/mol. The molecule has 19 heavy (non-hydrogen) atoms. The summed E-state index contributed by atoms with van der Waals surface area (Å²) in [5, 5.41) is 8.99. The Balaban J connectivity index is 1.70. The number of aromatic nitrogens is 2. The summed E-state index contributed by atoms with van der Waals surface area (Å²) in [6.45, 7) is 0. The molecule has 0 amide bonds. The van der Waals surface area contributed by atoms with Crippen molar-refractivity contribution < 1.29 is 0 Å². The Bertz CT molecular complexity index is 686. The van der Waals surface area contributed by atoms with Gasteiger partial charge in [0.25, 0.3) is 0 Å². The van der Waals surface area contributed by atoms with Crippen LogP contribution in [0.4, 0.5) is 5.82 Å². The van der Waals surface area contributed by atoms with Gasteiger partial charge in [-0.2, -0.15) is 0 Å². The quantitative estimate of drug-likeness (QED) is 0.776. The fourth-order valence-electron chi connectivity index (χ4n) is 2.37. The van der Waals surface area contributed by atoms with E-state index in [9.17, 15) is 0 Å². The normalized spacial score (nSPS) is 16.6. The molecule has 0 aromatic carbocycles. The molecule has 0 aliphatic heterocycles. The van der Waals surface area contributed by atoms with Crippen molar-refractivity contribution in [2.24, 2.45) is 5.92 Å². The molecule has 5 heteroatoms. The Morgan fingerprint density at radius 2 is 2.11 bits per heavy atom. The van der Waals surface area contributed by atoms with E-state index in [-0.39, 0.29) is 0 Å². The van der Waals surface area contributed by atoms with Gasteiger partial charge in [0.2, 0.25) is 0 Å². The molecule has 0 saturated heterocycles. The van der Waals surface area contributed by atoms with Crippen LogP contribution in [0.25, 0.3) is 10.2 Å². The summed E-state index contributed by atoms with van der Waals surface area (Å²) in [6, 6.07) is 6.84. The van der Waals surface area contributed by atoms with Crippen molar-refractivity contribution in [1.82, 2.24) is 9.97 Å². The van der Waals surface area contributed by atoms with Crippen molar-refractivity contribution in [1.29, 1.82) is 0 Å². The highest BCUT2D eigenvalue weighted by Gasteiger charge is 2.33. The second-order valence-corrected chi connectivity index (χ2v) is 6.71. The summed E-state index contributed by atoms with van der Waals surface area (Å²) >= 11 is 3.48. The lowest BCUT2D eigenvalue weighted by Crippen LogP contribution is -2.12. The Kier molecular flexibility index (Phi) is 2.74. The number of fused-ring (bicyclic) bond motifs is 1. The molecule has 3 heterocycles. The van der Waals surface area contributed by atoms with Crippen LogP contribution in [0.1, 0.15) is 23.8 Å². The lowest BCUT2D eigenvalue weighted by atomic mass is 10.1. The predicted octanol–water partition coefficient (Wildman–Crippen LogP) is 4.32. The summed E-state index contributed by atoms with van der Waals surface area (Å²) in [4.78, 5) is 11.2. The van der Waals surface area contributed by atoms with E-state index in [0.717, 1.165) is 22.0 Å². The first-order valence-electron chi connectivity index (χ1n) is 6.40. The van der Waals surface area contributed by atoms with E-state index in [1.165, 1.54) is 17.7 Å². The largest absolute Gasteiger partial charge is 0.362 e. The van der Waals surface area contributed by atoms with E-state index < -0.39 is 0 Å². The molecule has 1 aliphatic rings. The third-order valence-corrected chi connectivity index (χ3v) is 5.27. The van der Waals surface area contributed by atoms with Crippen molar-refractivity contribution in [2.75, 3.05) is 5.32 Å². The summed E-state index contributed by atoms with van der Waals surface area (Å²) in [7, 11) is 0. The third-order valence-electron chi connectivity index (χ3n) is 3.50. The minimum absolute atomic E-state index is 0.401. The van der Waals surface area contributed by atoms with E-state index >= 15 is 0 Å². The molecular formula is C14H13N3S2. The fourth-order valence-corrected chi connectivity index (χ4v) is 3.97.